The van der Waals surface area contributed by atoms with Crippen LogP contribution in [0.3, 0.4) is 0 Å². The van der Waals surface area contributed by atoms with Gasteiger partial charge < -0.3 is 10.6 Å². The molecule has 2 amide bonds. The third-order valence-corrected chi connectivity index (χ3v) is 4.92. The second-order valence-electron chi connectivity index (χ2n) is 5.78. The summed E-state index contributed by atoms with van der Waals surface area (Å²) >= 11 is 1.53. The first-order valence-electron chi connectivity index (χ1n) is 8.07. The van der Waals surface area contributed by atoms with Crippen molar-refractivity contribution in [3.8, 4) is 0 Å². The minimum absolute atomic E-state index is 0.00927. The predicted octanol–water partition coefficient (Wildman–Crippen LogP) is 3.02. The van der Waals surface area contributed by atoms with E-state index in [0.717, 1.165) is 29.0 Å². The maximum absolute atomic E-state index is 12.1. The van der Waals surface area contributed by atoms with E-state index in [1.54, 1.807) is 0 Å². The number of anilines is 1. The quantitative estimate of drug-likeness (QED) is 0.795. The lowest BCUT2D eigenvalue weighted by molar-refractivity contribution is -0.120. The van der Waals surface area contributed by atoms with Crippen LogP contribution in [-0.4, -0.2) is 24.1 Å². The van der Waals surface area contributed by atoms with Gasteiger partial charge in [-0.05, 0) is 36.1 Å². The predicted molar refractivity (Wildman–Crippen MR) is 97.3 cm³/mol. The van der Waals surface area contributed by atoms with E-state index in [2.05, 4.69) is 22.8 Å². The van der Waals surface area contributed by atoms with Gasteiger partial charge in [0.15, 0.2) is 0 Å². The van der Waals surface area contributed by atoms with Crippen LogP contribution in [0.15, 0.2) is 53.4 Å². The van der Waals surface area contributed by atoms with Crippen LogP contribution in [0.1, 0.15) is 17.5 Å². The largest absolute Gasteiger partial charge is 0.356 e. The van der Waals surface area contributed by atoms with Gasteiger partial charge in [-0.3, -0.25) is 9.59 Å². The molecule has 0 bridgehead atoms. The van der Waals surface area contributed by atoms with Crippen LogP contribution in [0.2, 0.25) is 0 Å². The van der Waals surface area contributed by atoms with Gasteiger partial charge in [0, 0.05) is 11.4 Å². The van der Waals surface area contributed by atoms with E-state index in [1.165, 1.54) is 17.3 Å². The molecule has 0 fully saturated rings. The molecule has 24 heavy (non-hydrogen) atoms. The Balaban J connectivity index is 1.45. The first kappa shape index (κ1) is 16.6. The van der Waals surface area contributed by atoms with E-state index in [1.807, 2.05) is 36.4 Å². The van der Waals surface area contributed by atoms with Gasteiger partial charge in [-0.25, -0.2) is 0 Å². The summed E-state index contributed by atoms with van der Waals surface area (Å²) in [5, 5.41) is 5.81. The molecule has 1 aliphatic heterocycles. The van der Waals surface area contributed by atoms with Gasteiger partial charge in [-0.15, -0.1) is 11.8 Å². The van der Waals surface area contributed by atoms with Crippen molar-refractivity contribution in [2.45, 2.75) is 24.2 Å². The minimum Gasteiger partial charge on any atom is -0.356 e. The Morgan fingerprint density at radius 1 is 1.12 bits per heavy atom. The highest BCUT2D eigenvalue weighted by Crippen LogP contribution is 2.32. The Kier molecular flexibility index (Phi) is 5.54. The van der Waals surface area contributed by atoms with Gasteiger partial charge in [0.2, 0.25) is 11.8 Å². The van der Waals surface area contributed by atoms with Gasteiger partial charge in [-0.2, -0.15) is 0 Å². The molecule has 0 spiro atoms. The van der Waals surface area contributed by atoms with E-state index >= 15 is 0 Å². The van der Waals surface area contributed by atoms with Crippen molar-refractivity contribution in [3.63, 3.8) is 0 Å². The number of aryl methyl sites for hydroxylation is 1. The second-order valence-corrected chi connectivity index (χ2v) is 6.80. The average molecular weight is 340 g/mol. The maximum atomic E-state index is 12.1. The van der Waals surface area contributed by atoms with Gasteiger partial charge in [-0.1, -0.05) is 36.4 Å². The molecule has 3 rings (SSSR count). The molecule has 0 saturated heterocycles. The lowest BCUT2D eigenvalue weighted by Gasteiger charge is -2.17. The number of thioether (sulfide) groups is 1. The fourth-order valence-electron chi connectivity index (χ4n) is 2.65. The third kappa shape index (κ3) is 4.61. The average Bonchev–Trinajstić information content (AvgIpc) is 2.59. The van der Waals surface area contributed by atoms with Crippen LogP contribution in [-0.2, 0) is 22.4 Å². The summed E-state index contributed by atoms with van der Waals surface area (Å²) in [5.74, 6) is 0.474. The molecule has 0 radical (unpaired) electrons. The van der Waals surface area contributed by atoms with Crippen LogP contribution in [0.4, 0.5) is 5.69 Å². The highest BCUT2D eigenvalue weighted by molar-refractivity contribution is 8.00. The van der Waals surface area contributed by atoms with Crippen molar-refractivity contribution in [2.75, 3.05) is 17.6 Å². The smallest absolute Gasteiger partial charge is 0.234 e. The topological polar surface area (TPSA) is 58.2 Å². The van der Waals surface area contributed by atoms with E-state index in [4.69, 9.17) is 0 Å². The van der Waals surface area contributed by atoms with E-state index in [9.17, 15) is 9.59 Å². The Morgan fingerprint density at radius 2 is 1.96 bits per heavy atom. The van der Waals surface area contributed by atoms with Gasteiger partial charge in [0.05, 0.1) is 17.9 Å². The fourth-order valence-corrected chi connectivity index (χ4v) is 3.44. The second kappa shape index (κ2) is 8.02. The molecule has 124 valence electrons. The van der Waals surface area contributed by atoms with Crippen LogP contribution < -0.4 is 10.6 Å². The van der Waals surface area contributed by atoms with Crippen molar-refractivity contribution >= 4 is 29.3 Å². The zero-order valence-electron chi connectivity index (χ0n) is 13.4. The molecular weight excluding hydrogens is 320 g/mol. The Bertz CT molecular complexity index is 731. The fraction of sp³-hybridized carbons (Fsp3) is 0.263. The standard InChI is InChI=1S/C19H20N2O2S/c22-18(20-10-4-7-14-5-2-1-3-6-14)12-15-8-9-17-16(11-15)21-19(23)13-24-17/h1-3,5-6,8-9,11H,4,7,10,12-13H2,(H,20,22)(H,21,23). The van der Waals surface area contributed by atoms with Crippen molar-refractivity contribution in [1.29, 1.82) is 0 Å². The number of amides is 2. The molecule has 0 aliphatic carbocycles. The number of nitrogens with one attached hydrogen (secondary N) is 2. The number of hydrogen-bond donors (Lipinski definition) is 2. The molecule has 2 aromatic rings. The highest BCUT2D eigenvalue weighted by Gasteiger charge is 2.16. The SMILES string of the molecule is O=C(Cc1ccc2c(c1)NC(=O)CS2)NCCCc1ccccc1. The van der Waals surface area contributed by atoms with Gasteiger partial charge >= 0.3 is 0 Å². The Labute approximate surface area is 146 Å². The lowest BCUT2D eigenvalue weighted by Crippen LogP contribution is -2.26. The maximum Gasteiger partial charge on any atom is 0.234 e. The number of benzene rings is 2. The summed E-state index contributed by atoms with van der Waals surface area (Å²) in [7, 11) is 0. The number of hydrogen-bond acceptors (Lipinski definition) is 3. The van der Waals surface area contributed by atoms with Crippen LogP contribution in [0, 0.1) is 0 Å². The summed E-state index contributed by atoms with van der Waals surface area (Å²) in [4.78, 5) is 24.5. The van der Waals surface area contributed by atoms with Crippen molar-refractivity contribution < 1.29 is 9.59 Å². The molecule has 0 saturated carbocycles. The van der Waals surface area contributed by atoms with Crippen LogP contribution in [0.25, 0.3) is 0 Å². The first-order valence-corrected chi connectivity index (χ1v) is 9.05. The van der Waals surface area contributed by atoms with Crippen molar-refractivity contribution in [3.05, 3.63) is 59.7 Å². The van der Waals surface area contributed by atoms with E-state index < -0.39 is 0 Å². The monoisotopic (exact) mass is 340 g/mol. The molecule has 4 nitrogen and oxygen atoms in total. The molecule has 0 aromatic heterocycles. The zero-order valence-corrected chi connectivity index (χ0v) is 14.2. The molecule has 1 heterocycles. The molecular formula is C19H20N2O2S. The van der Waals surface area contributed by atoms with Crippen LogP contribution in [0.5, 0.6) is 0 Å². The van der Waals surface area contributed by atoms with Crippen molar-refractivity contribution in [1.82, 2.24) is 5.32 Å². The van der Waals surface area contributed by atoms with Gasteiger partial charge in [0.25, 0.3) is 0 Å². The Morgan fingerprint density at radius 3 is 2.79 bits per heavy atom. The summed E-state index contributed by atoms with van der Waals surface area (Å²) in [6.07, 6.45) is 2.22. The molecule has 5 heteroatoms. The first-order chi connectivity index (χ1) is 11.7. The summed E-state index contributed by atoms with van der Waals surface area (Å²) < 4.78 is 0. The highest BCUT2D eigenvalue weighted by atomic mass is 32.2. The minimum atomic E-state index is 0.00927. The zero-order chi connectivity index (χ0) is 16.8. The molecule has 2 N–H and O–H groups in total. The summed E-state index contributed by atoms with van der Waals surface area (Å²) in [6, 6.07) is 16.1. The van der Waals surface area contributed by atoms with E-state index in [0.29, 0.717) is 18.7 Å². The number of carbonyl (C=O) groups excluding carboxylic acids is 2. The molecule has 2 aromatic carbocycles. The molecule has 0 atom stereocenters. The lowest BCUT2D eigenvalue weighted by atomic mass is 10.1. The van der Waals surface area contributed by atoms with Crippen molar-refractivity contribution in [2.24, 2.45) is 0 Å². The number of fused-ring (bicyclic) bond motifs is 1. The normalized spacial score (nSPS) is 13.1. The molecule has 1 aliphatic rings. The van der Waals surface area contributed by atoms with Crippen LogP contribution >= 0.6 is 11.8 Å². The van der Waals surface area contributed by atoms with E-state index in [-0.39, 0.29) is 11.8 Å². The number of carbonyl (C=O) groups is 2. The summed E-state index contributed by atoms with van der Waals surface area (Å²) in [5.41, 5.74) is 3.01. The third-order valence-electron chi connectivity index (χ3n) is 3.85. The number of rotatable bonds is 6. The summed E-state index contributed by atoms with van der Waals surface area (Å²) in [6.45, 7) is 0.672. The van der Waals surface area contributed by atoms with Gasteiger partial charge in [0.1, 0.15) is 0 Å². The Hall–Kier alpha value is -2.27. The molecule has 0 unspecified atom stereocenters.